The Labute approximate surface area is 106 Å². The molecule has 0 atom stereocenters. The molecule has 1 aromatic carbocycles. The quantitative estimate of drug-likeness (QED) is 0.644. The Bertz CT molecular complexity index is 384. The molecule has 0 aliphatic carbocycles. The second-order valence-electron chi connectivity index (χ2n) is 3.41. The largest absolute Gasteiger partial charge is 0.489 e. The van der Waals surface area contributed by atoms with Gasteiger partial charge in [-0.2, -0.15) is 13.2 Å². The van der Waals surface area contributed by atoms with Crippen LogP contribution in [0.4, 0.5) is 17.6 Å². The van der Waals surface area contributed by atoms with Crippen molar-refractivity contribution >= 4 is 11.8 Å². The molecule has 0 heterocycles. The number of alkyl halides is 3. The Morgan fingerprint density at radius 3 is 2.61 bits per heavy atom. The average Bonchev–Trinajstić information content (AvgIpc) is 2.26. The maximum atomic E-state index is 13.4. The first-order chi connectivity index (χ1) is 8.44. The van der Waals surface area contributed by atoms with Gasteiger partial charge in [-0.05, 0) is 36.4 Å². The molecule has 1 rings (SSSR count). The lowest BCUT2D eigenvalue weighted by Crippen LogP contribution is -2.10. The number of rotatable bonds is 6. The molecular formula is C11H13F4NOS. The van der Waals surface area contributed by atoms with E-state index in [1.807, 2.05) is 0 Å². The summed E-state index contributed by atoms with van der Waals surface area (Å²) in [5, 5.41) is 0. The number of para-hydroxylation sites is 1. The fourth-order valence-corrected chi connectivity index (χ4v) is 1.77. The summed E-state index contributed by atoms with van der Waals surface area (Å²) >= 11 is -0.194. The van der Waals surface area contributed by atoms with Crippen LogP contribution in [0.3, 0.4) is 0 Å². The molecule has 1 aromatic rings. The van der Waals surface area contributed by atoms with E-state index < -0.39 is 11.3 Å². The number of nitrogens with two attached hydrogens (primary N) is 1. The van der Waals surface area contributed by atoms with Crippen molar-refractivity contribution in [3.8, 4) is 5.75 Å². The minimum atomic E-state index is -4.29. The third-order valence-electron chi connectivity index (χ3n) is 2.06. The molecule has 0 saturated carbocycles. The highest BCUT2D eigenvalue weighted by atomic mass is 32.2. The lowest BCUT2D eigenvalue weighted by molar-refractivity contribution is -0.0329. The molecule has 0 bridgehead atoms. The molecule has 7 heteroatoms. The third kappa shape index (κ3) is 5.14. The van der Waals surface area contributed by atoms with Crippen LogP contribution in [-0.4, -0.2) is 24.4 Å². The first-order valence-electron chi connectivity index (χ1n) is 5.25. The summed E-state index contributed by atoms with van der Waals surface area (Å²) in [5.41, 5.74) is 1.63. The van der Waals surface area contributed by atoms with Crippen LogP contribution in [0.2, 0.25) is 0 Å². The van der Waals surface area contributed by atoms with Crippen molar-refractivity contribution in [3.05, 3.63) is 29.6 Å². The van der Waals surface area contributed by atoms with Gasteiger partial charge in [0.25, 0.3) is 0 Å². The first-order valence-corrected chi connectivity index (χ1v) is 6.23. The highest BCUT2D eigenvalue weighted by Gasteiger charge is 2.27. The summed E-state index contributed by atoms with van der Waals surface area (Å²) in [5.74, 6) is -0.872. The highest BCUT2D eigenvalue weighted by molar-refractivity contribution is 8.00. The van der Waals surface area contributed by atoms with Crippen molar-refractivity contribution in [1.82, 2.24) is 0 Å². The average molecular weight is 283 g/mol. The Kier molecular flexibility index (Phi) is 5.74. The lowest BCUT2D eigenvalue weighted by Gasteiger charge is -2.12. The molecule has 0 aliphatic heterocycles. The summed E-state index contributed by atoms with van der Waals surface area (Å²) in [6.45, 7) is 0.111. The zero-order valence-electron chi connectivity index (χ0n) is 9.47. The number of benzene rings is 1. The van der Waals surface area contributed by atoms with Crippen molar-refractivity contribution < 1.29 is 22.3 Å². The number of hydrogen-bond acceptors (Lipinski definition) is 3. The number of hydrogen-bond donors (Lipinski definition) is 1. The van der Waals surface area contributed by atoms with E-state index in [2.05, 4.69) is 0 Å². The Morgan fingerprint density at radius 2 is 2.00 bits per heavy atom. The van der Waals surface area contributed by atoms with Gasteiger partial charge in [-0.25, -0.2) is 4.39 Å². The number of thioether (sulfide) groups is 1. The van der Waals surface area contributed by atoms with Gasteiger partial charge >= 0.3 is 5.51 Å². The van der Waals surface area contributed by atoms with Crippen LogP contribution >= 0.6 is 11.8 Å². The fraction of sp³-hybridized carbons (Fsp3) is 0.455. The van der Waals surface area contributed by atoms with E-state index in [0.717, 1.165) is 0 Å². The maximum absolute atomic E-state index is 13.4. The Hall–Kier alpha value is -0.950. The van der Waals surface area contributed by atoms with E-state index in [-0.39, 0.29) is 29.9 Å². The topological polar surface area (TPSA) is 35.2 Å². The van der Waals surface area contributed by atoms with Gasteiger partial charge < -0.3 is 10.5 Å². The van der Waals surface area contributed by atoms with E-state index in [1.54, 1.807) is 6.07 Å². The zero-order valence-corrected chi connectivity index (χ0v) is 10.3. The minimum Gasteiger partial charge on any atom is -0.489 e. The Morgan fingerprint density at radius 1 is 1.28 bits per heavy atom. The predicted octanol–water partition coefficient (Wildman–Crippen LogP) is 2.96. The van der Waals surface area contributed by atoms with Crippen molar-refractivity contribution in [2.75, 3.05) is 18.9 Å². The van der Waals surface area contributed by atoms with Gasteiger partial charge in [0.05, 0.1) is 6.61 Å². The van der Waals surface area contributed by atoms with E-state index in [4.69, 9.17) is 10.5 Å². The molecule has 0 unspecified atom stereocenters. The van der Waals surface area contributed by atoms with E-state index in [0.29, 0.717) is 18.5 Å². The smallest absolute Gasteiger partial charge is 0.441 e. The standard InChI is InChI=1S/C11H13F4NOS/c12-9-3-1-2-8(4-5-16)10(9)17-6-7-18-11(13,14)15/h1-3H,4-7,16H2. The van der Waals surface area contributed by atoms with Crippen LogP contribution < -0.4 is 10.5 Å². The summed E-state index contributed by atoms with van der Waals surface area (Å²) in [6, 6.07) is 4.35. The second-order valence-corrected chi connectivity index (χ2v) is 4.57. The molecule has 18 heavy (non-hydrogen) atoms. The van der Waals surface area contributed by atoms with Gasteiger partial charge in [-0.3, -0.25) is 0 Å². The van der Waals surface area contributed by atoms with E-state index in [9.17, 15) is 17.6 Å². The molecule has 0 radical (unpaired) electrons. The van der Waals surface area contributed by atoms with Gasteiger partial charge in [0.15, 0.2) is 11.6 Å². The highest BCUT2D eigenvalue weighted by Crippen LogP contribution is 2.30. The minimum absolute atomic E-state index is 0.00859. The SMILES string of the molecule is NCCc1cccc(F)c1OCCSC(F)(F)F. The van der Waals surface area contributed by atoms with E-state index >= 15 is 0 Å². The van der Waals surface area contributed by atoms with Gasteiger partial charge in [-0.1, -0.05) is 12.1 Å². The molecular weight excluding hydrogens is 270 g/mol. The fourth-order valence-electron chi connectivity index (χ4n) is 1.37. The first kappa shape index (κ1) is 15.1. The van der Waals surface area contributed by atoms with Crippen molar-refractivity contribution in [2.45, 2.75) is 11.9 Å². The molecule has 0 saturated heterocycles. The van der Waals surface area contributed by atoms with Gasteiger partial charge in [0.1, 0.15) is 0 Å². The van der Waals surface area contributed by atoms with Crippen LogP contribution in [-0.2, 0) is 6.42 Å². The van der Waals surface area contributed by atoms with Crippen molar-refractivity contribution in [2.24, 2.45) is 5.73 Å². The number of ether oxygens (including phenoxy) is 1. The Balaban J connectivity index is 2.55. The summed E-state index contributed by atoms with van der Waals surface area (Å²) in [4.78, 5) is 0. The maximum Gasteiger partial charge on any atom is 0.441 e. The van der Waals surface area contributed by atoms with Gasteiger partial charge in [0.2, 0.25) is 0 Å². The monoisotopic (exact) mass is 283 g/mol. The van der Waals surface area contributed by atoms with Crippen molar-refractivity contribution in [3.63, 3.8) is 0 Å². The molecule has 0 aromatic heterocycles. The second kappa shape index (κ2) is 6.84. The summed E-state index contributed by atoms with van der Waals surface area (Å²) < 4.78 is 54.1. The molecule has 0 fully saturated rings. The van der Waals surface area contributed by atoms with Crippen molar-refractivity contribution in [1.29, 1.82) is 0 Å². The van der Waals surface area contributed by atoms with Crippen LogP contribution in [0.25, 0.3) is 0 Å². The van der Waals surface area contributed by atoms with Gasteiger partial charge in [-0.15, -0.1) is 0 Å². The van der Waals surface area contributed by atoms with Crippen LogP contribution in [0.5, 0.6) is 5.75 Å². The van der Waals surface area contributed by atoms with Crippen LogP contribution in [0.1, 0.15) is 5.56 Å². The predicted molar refractivity (Wildman–Crippen MR) is 63.2 cm³/mol. The molecule has 0 spiro atoms. The summed E-state index contributed by atoms with van der Waals surface area (Å²) in [6.07, 6.45) is 0.416. The zero-order chi connectivity index (χ0) is 13.6. The van der Waals surface area contributed by atoms with Gasteiger partial charge in [0, 0.05) is 5.75 Å². The number of halogens is 4. The molecule has 2 nitrogen and oxygen atoms in total. The normalized spacial score (nSPS) is 11.6. The van der Waals surface area contributed by atoms with E-state index in [1.165, 1.54) is 12.1 Å². The van der Waals surface area contributed by atoms with Crippen LogP contribution in [0.15, 0.2) is 18.2 Å². The molecule has 2 N–H and O–H groups in total. The lowest BCUT2D eigenvalue weighted by atomic mass is 10.1. The third-order valence-corrected chi connectivity index (χ3v) is 2.76. The van der Waals surface area contributed by atoms with Crippen LogP contribution in [0, 0.1) is 5.82 Å². The molecule has 0 amide bonds. The molecule has 0 aliphatic rings. The molecule has 102 valence electrons. The summed E-state index contributed by atoms with van der Waals surface area (Å²) in [7, 11) is 0.